The summed E-state index contributed by atoms with van der Waals surface area (Å²) in [5, 5.41) is 15.7. The van der Waals surface area contributed by atoms with E-state index < -0.39 is 17.7 Å². The molecule has 3 saturated carbocycles. The fourth-order valence-electron chi connectivity index (χ4n) is 13.6. The Balaban J connectivity index is 1.03. The second-order valence-electron chi connectivity index (χ2n) is 23.9. The predicted molar refractivity (Wildman–Crippen MR) is 285 cm³/mol. The maximum absolute atomic E-state index is 13.8. The third-order valence-electron chi connectivity index (χ3n) is 17.9. The molecule has 0 aromatic heterocycles. The first-order chi connectivity index (χ1) is 32.2. The Morgan fingerprint density at radius 3 is 2.26 bits per heavy atom. The van der Waals surface area contributed by atoms with Crippen LogP contribution in [0.2, 0.25) is 0 Å². The van der Waals surface area contributed by atoms with Gasteiger partial charge in [-0.05, 0) is 175 Å². The summed E-state index contributed by atoms with van der Waals surface area (Å²) < 4.78 is 10.7. The van der Waals surface area contributed by atoms with Crippen LogP contribution in [0.25, 0.3) is 0 Å². The highest BCUT2D eigenvalue weighted by Crippen LogP contribution is 2.68. The van der Waals surface area contributed by atoms with Gasteiger partial charge in [0.25, 0.3) is 0 Å². The summed E-state index contributed by atoms with van der Waals surface area (Å²) in [7, 11) is 5.53. The van der Waals surface area contributed by atoms with Crippen molar-refractivity contribution in [1.82, 2.24) is 15.5 Å². The van der Waals surface area contributed by atoms with Crippen molar-refractivity contribution in [3.05, 3.63) is 41.5 Å². The summed E-state index contributed by atoms with van der Waals surface area (Å²) in [6.45, 7) is 24.4. The lowest BCUT2D eigenvalue weighted by Gasteiger charge is -2.58. The first-order valence-electron chi connectivity index (χ1n) is 27.0. The molecule has 3 N–H and O–H groups in total. The van der Waals surface area contributed by atoms with Gasteiger partial charge in [-0.3, -0.25) is 4.79 Å². The number of hydrogen-bond acceptors (Lipinski definition) is 7. The molecule has 4 aliphatic carbocycles. The van der Waals surface area contributed by atoms with Crippen LogP contribution in [0.3, 0.4) is 0 Å². The molecule has 0 heterocycles. The highest BCUT2D eigenvalue weighted by Gasteiger charge is 2.59. The van der Waals surface area contributed by atoms with Crippen LogP contribution in [0.1, 0.15) is 197 Å². The molecular formula is C57H95N3O6S2. The number of benzene rings is 1. The Morgan fingerprint density at radius 2 is 1.57 bits per heavy atom. The third-order valence-corrected chi connectivity index (χ3v) is 20.8. The van der Waals surface area contributed by atoms with Gasteiger partial charge in [-0.25, -0.2) is 9.59 Å². The molecule has 0 saturated heterocycles. The monoisotopic (exact) mass is 982 g/mol. The van der Waals surface area contributed by atoms with E-state index in [1.807, 2.05) is 78.4 Å². The molecule has 0 aliphatic heterocycles. The van der Waals surface area contributed by atoms with Crippen molar-refractivity contribution in [1.29, 1.82) is 0 Å². The topological polar surface area (TPSA) is 117 Å². The Hall–Kier alpha value is -2.53. The van der Waals surface area contributed by atoms with E-state index >= 15 is 0 Å². The predicted octanol–water partition coefficient (Wildman–Crippen LogP) is 15.1. The normalized spacial score (nSPS) is 26.7. The summed E-state index contributed by atoms with van der Waals surface area (Å²) in [5.41, 5.74) is 2.51. The molecule has 9 nitrogen and oxygen atoms in total. The van der Waals surface area contributed by atoms with Crippen LogP contribution in [-0.4, -0.2) is 70.4 Å². The van der Waals surface area contributed by atoms with Crippen LogP contribution < -0.4 is 15.4 Å². The number of fused-ring (bicyclic) bond motifs is 5. The third kappa shape index (κ3) is 15.7. The highest BCUT2D eigenvalue weighted by molar-refractivity contribution is 8.76. The molecular weight excluding hydrogens is 887 g/mol. The van der Waals surface area contributed by atoms with Gasteiger partial charge in [-0.2, -0.15) is 0 Å². The summed E-state index contributed by atoms with van der Waals surface area (Å²) in [6.07, 6.45) is 23.1. The molecule has 1 aromatic carbocycles. The lowest BCUT2D eigenvalue weighted by molar-refractivity contribution is -0.131. The minimum Gasteiger partial charge on any atom is -0.497 e. The SMILES string of the molecule is CC[C@H](CC[C@@H](C)[C@H]1CC[C@H]2[C@@H]3CC=C4C[C@@H](SSCCC(=O)N(CCCCCCCC(C)(C)NC(=O)OCc5ccc(OC)cc5)CCC(C)(C)NC(=O)O)CC[C@]4(C)[C@H]3CC[C@]12C)C(C)C. The Kier molecular flexibility index (Phi) is 21.3. The Morgan fingerprint density at radius 1 is 0.868 bits per heavy atom. The minimum atomic E-state index is -1.04. The molecule has 4 aliphatic rings. The number of carbonyl (C=O) groups is 3. The standard InChI is InChI=1S/C57H95N3O6S2/c1-12-43(40(2)3)21-18-41(4)48-26-27-49-47-25-22-44-38-46(28-32-56(44,9)50(47)29-33-57(48,49)10)68-67-37-30-51(61)60(36-34-55(7,8)58-52(62)63)35-17-15-13-14-16-31-54(5,6)59-53(64)66-39-42-19-23-45(65-11)24-20-42/h19-20,22-24,40-41,43,46-50,58H,12-18,21,25-39H2,1-11H3,(H,59,64)(H,62,63)/t41-,43-,46+,47+,48-,49+,50+,56+,57-/m1/s1. The van der Waals surface area contributed by atoms with E-state index in [1.54, 1.807) is 12.7 Å². The van der Waals surface area contributed by atoms with Crippen LogP contribution in [0.5, 0.6) is 5.75 Å². The number of nitrogens with one attached hydrogen (secondary N) is 2. The van der Waals surface area contributed by atoms with E-state index in [0.29, 0.717) is 42.0 Å². The van der Waals surface area contributed by atoms with Crippen LogP contribution >= 0.6 is 21.6 Å². The van der Waals surface area contributed by atoms with E-state index in [9.17, 15) is 19.5 Å². The zero-order valence-corrected chi connectivity index (χ0v) is 46.2. The first-order valence-corrected chi connectivity index (χ1v) is 29.4. The lowest BCUT2D eigenvalue weighted by atomic mass is 9.47. The van der Waals surface area contributed by atoms with Gasteiger partial charge in [0.05, 0.1) is 7.11 Å². The molecule has 386 valence electrons. The quantitative estimate of drug-likeness (QED) is 0.0453. The summed E-state index contributed by atoms with van der Waals surface area (Å²) in [4.78, 5) is 39.8. The van der Waals surface area contributed by atoms with Gasteiger partial charge in [0, 0.05) is 41.6 Å². The number of amides is 3. The second kappa shape index (κ2) is 25.7. The number of alkyl carbamates (subject to hydrolysis) is 1. The molecule has 9 atom stereocenters. The average Bonchev–Trinajstić information content (AvgIpc) is 3.64. The van der Waals surface area contributed by atoms with E-state index in [-0.39, 0.29) is 18.1 Å². The Bertz CT molecular complexity index is 1790. The summed E-state index contributed by atoms with van der Waals surface area (Å²) in [6, 6.07) is 7.48. The van der Waals surface area contributed by atoms with E-state index in [4.69, 9.17) is 9.47 Å². The van der Waals surface area contributed by atoms with Crippen LogP contribution in [0, 0.1) is 52.3 Å². The maximum atomic E-state index is 13.8. The number of carboxylic acid groups (broad SMARTS) is 1. The van der Waals surface area contributed by atoms with Gasteiger partial charge in [0.2, 0.25) is 5.91 Å². The molecule has 0 radical (unpaired) electrons. The fourth-order valence-corrected chi connectivity index (χ4v) is 16.2. The number of carbonyl (C=O) groups excluding carboxylic acids is 2. The second-order valence-corrected chi connectivity index (χ2v) is 26.7. The van der Waals surface area contributed by atoms with Gasteiger partial charge in [-0.15, -0.1) is 0 Å². The van der Waals surface area contributed by atoms with Gasteiger partial charge in [-0.1, -0.05) is 125 Å². The number of unbranched alkanes of at least 4 members (excludes halogenated alkanes) is 4. The van der Waals surface area contributed by atoms with Crippen molar-refractivity contribution in [2.45, 2.75) is 214 Å². The molecule has 0 spiro atoms. The van der Waals surface area contributed by atoms with Crippen molar-refractivity contribution < 1.29 is 29.0 Å². The lowest BCUT2D eigenvalue weighted by Crippen LogP contribution is -2.50. The summed E-state index contributed by atoms with van der Waals surface area (Å²) >= 11 is 0. The molecule has 0 unspecified atom stereocenters. The first kappa shape index (κ1) is 56.4. The smallest absolute Gasteiger partial charge is 0.407 e. The van der Waals surface area contributed by atoms with Crippen molar-refractivity contribution in [2.24, 2.45) is 52.3 Å². The van der Waals surface area contributed by atoms with Gasteiger partial charge >= 0.3 is 12.2 Å². The van der Waals surface area contributed by atoms with Gasteiger partial charge < -0.3 is 30.1 Å². The molecule has 11 heteroatoms. The maximum Gasteiger partial charge on any atom is 0.407 e. The number of rotatable bonds is 27. The molecule has 1 aromatic rings. The van der Waals surface area contributed by atoms with Crippen molar-refractivity contribution in [3.8, 4) is 5.75 Å². The van der Waals surface area contributed by atoms with E-state index in [0.717, 1.165) is 97.0 Å². The van der Waals surface area contributed by atoms with Crippen LogP contribution in [-0.2, 0) is 16.1 Å². The molecule has 3 fully saturated rings. The van der Waals surface area contributed by atoms with Crippen molar-refractivity contribution in [2.75, 3.05) is 26.0 Å². The average molecular weight is 983 g/mol. The van der Waals surface area contributed by atoms with Gasteiger partial charge in [0.1, 0.15) is 12.4 Å². The molecule has 3 amide bonds. The number of ether oxygens (including phenoxy) is 2. The fraction of sp³-hybridized carbons (Fsp3) is 0.807. The summed E-state index contributed by atoms with van der Waals surface area (Å²) in [5.74, 6) is 7.70. The van der Waals surface area contributed by atoms with Crippen molar-refractivity contribution >= 4 is 39.7 Å². The zero-order chi connectivity index (χ0) is 49.7. The number of methoxy groups -OCH3 is 1. The zero-order valence-electron chi connectivity index (χ0n) is 44.5. The van der Waals surface area contributed by atoms with E-state index in [2.05, 4.69) is 58.3 Å². The number of allylic oxidation sites excluding steroid dienone is 2. The molecule has 68 heavy (non-hydrogen) atoms. The minimum absolute atomic E-state index is 0.168. The molecule has 0 bridgehead atoms. The van der Waals surface area contributed by atoms with Crippen LogP contribution in [0.4, 0.5) is 9.59 Å². The largest absolute Gasteiger partial charge is 0.497 e. The van der Waals surface area contributed by atoms with Gasteiger partial charge in [0.15, 0.2) is 0 Å². The molecule has 5 rings (SSSR count). The van der Waals surface area contributed by atoms with Crippen molar-refractivity contribution in [3.63, 3.8) is 0 Å². The Labute approximate surface area is 421 Å². The van der Waals surface area contributed by atoms with Crippen LogP contribution in [0.15, 0.2) is 35.9 Å². The number of nitrogens with zero attached hydrogens (tertiary/aromatic N) is 1. The van der Waals surface area contributed by atoms with E-state index in [1.165, 1.54) is 70.6 Å². The highest BCUT2D eigenvalue weighted by atomic mass is 33.1. The number of hydrogen-bond donors (Lipinski definition) is 3.